The first-order valence-corrected chi connectivity index (χ1v) is 11.1. The molecule has 0 saturated carbocycles. The topological polar surface area (TPSA) is 27.0 Å². The number of nitrogens with zero attached hydrogens (tertiary/aromatic N) is 2. The van der Waals surface area contributed by atoms with Gasteiger partial charge in [-0.1, -0.05) is 72.5 Å². The Morgan fingerprint density at radius 1 is 0.958 bits per heavy atom. The summed E-state index contributed by atoms with van der Waals surface area (Å²) >= 11 is 6.27. The Balaban J connectivity index is 2.24. The molecule has 1 aliphatic heterocycles. The maximum Gasteiger partial charge on any atom is 0.103 e. The fraction of sp³-hybridized carbons (Fsp3) is 0.250. The maximum absolute atomic E-state index is 10.0. The van der Waals surface area contributed by atoms with Gasteiger partial charge in [-0.05, 0) is 30.4 Å². The lowest BCUT2D eigenvalue weighted by molar-refractivity contribution is 0.427. The zero-order valence-corrected chi connectivity index (χ0v) is 15.6. The molecule has 2 nitrogen and oxygen atoms in total. The number of benzene rings is 2. The van der Waals surface area contributed by atoms with Crippen molar-refractivity contribution in [3.05, 3.63) is 71.7 Å². The van der Waals surface area contributed by atoms with Crippen molar-refractivity contribution in [3.63, 3.8) is 0 Å². The van der Waals surface area contributed by atoms with Crippen molar-refractivity contribution >= 4 is 28.5 Å². The zero-order valence-electron chi connectivity index (χ0n) is 13.9. The first kappa shape index (κ1) is 17.0. The standard InChI is InChI=1S/C20H21N2PS/c1-17(22-14-8-9-15-22)20(16-21)23(24,18-10-4-2-5-11-18)19-12-6-3-7-13-19/h2-7,10-13H,8-9,14-15H2,1H3. The van der Waals surface area contributed by atoms with Gasteiger partial charge in [0.2, 0.25) is 0 Å². The van der Waals surface area contributed by atoms with Crippen LogP contribution in [0.1, 0.15) is 19.8 Å². The highest BCUT2D eigenvalue weighted by Crippen LogP contribution is 2.53. The van der Waals surface area contributed by atoms with E-state index >= 15 is 0 Å². The molecule has 0 aromatic heterocycles. The third-order valence-corrected chi connectivity index (χ3v) is 9.50. The minimum Gasteiger partial charge on any atom is -0.374 e. The minimum atomic E-state index is -2.33. The van der Waals surface area contributed by atoms with E-state index in [9.17, 15) is 5.26 Å². The van der Waals surface area contributed by atoms with Gasteiger partial charge in [-0.15, -0.1) is 0 Å². The highest BCUT2D eigenvalue weighted by molar-refractivity contribution is 8.24. The Labute approximate surface area is 149 Å². The summed E-state index contributed by atoms with van der Waals surface area (Å²) in [5.74, 6) is 0. The molecule has 3 rings (SSSR count). The van der Waals surface area contributed by atoms with Gasteiger partial charge in [0.1, 0.15) is 6.07 Å². The van der Waals surface area contributed by atoms with Gasteiger partial charge in [-0.3, -0.25) is 0 Å². The largest absolute Gasteiger partial charge is 0.374 e. The van der Waals surface area contributed by atoms with E-state index < -0.39 is 6.04 Å². The van der Waals surface area contributed by atoms with Crippen LogP contribution in [-0.4, -0.2) is 18.0 Å². The average Bonchev–Trinajstić information content (AvgIpc) is 3.18. The number of hydrogen-bond acceptors (Lipinski definition) is 3. The second kappa shape index (κ2) is 7.34. The van der Waals surface area contributed by atoms with Crippen molar-refractivity contribution in [2.24, 2.45) is 0 Å². The van der Waals surface area contributed by atoms with Crippen LogP contribution in [0.3, 0.4) is 0 Å². The monoisotopic (exact) mass is 352 g/mol. The van der Waals surface area contributed by atoms with Crippen LogP contribution in [0.4, 0.5) is 0 Å². The van der Waals surface area contributed by atoms with Gasteiger partial charge in [-0.2, -0.15) is 5.26 Å². The van der Waals surface area contributed by atoms with Crippen LogP contribution in [0.2, 0.25) is 0 Å². The lowest BCUT2D eigenvalue weighted by Crippen LogP contribution is -2.23. The molecule has 24 heavy (non-hydrogen) atoms. The van der Waals surface area contributed by atoms with Gasteiger partial charge >= 0.3 is 0 Å². The van der Waals surface area contributed by atoms with E-state index in [2.05, 4.69) is 42.2 Å². The maximum atomic E-state index is 10.0. The molecule has 1 heterocycles. The first-order valence-electron chi connectivity index (χ1n) is 8.25. The third kappa shape index (κ3) is 3.05. The van der Waals surface area contributed by atoms with Crippen LogP contribution >= 0.6 is 6.04 Å². The molecular weight excluding hydrogens is 331 g/mol. The predicted octanol–water partition coefficient (Wildman–Crippen LogP) is 3.97. The molecule has 1 fully saturated rings. The van der Waals surface area contributed by atoms with Gasteiger partial charge < -0.3 is 4.90 Å². The molecular formula is C20H21N2PS. The van der Waals surface area contributed by atoms with Gasteiger partial charge in [0.05, 0.1) is 5.31 Å². The molecule has 0 spiro atoms. The summed E-state index contributed by atoms with van der Waals surface area (Å²) < 4.78 is 0. The molecule has 0 radical (unpaired) electrons. The normalized spacial score (nSPS) is 15.8. The first-order chi connectivity index (χ1) is 11.7. The van der Waals surface area contributed by atoms with Gasteiger partial charge in [0.25, 0.3) is 0 Å². The van der Waals surface area contributed by atoms with Crippen LogP contribution < -0.4 is 10.6 Å². The molecule has 122 valence electrons. The van der Waals surface area contributed by atoms with E-state index in [0.29, 0.717) is 0 Å². The van der Waals surface area contributed by atoms with E-state index in [-0.39, 0.29) is 0 Å². The second-order valence-electron chi connectivity index (χ2n) is 6.02. The minimum absolute atomic E-state index is 0.775. The van der Waals surface area contributed by atoms with Crippen molar-refractivity contribution < 1.29 is 0 Å². The van der Waals surface area contributed by atoms with Crippen molar-refractivity contribution in [1.82, 2.24) is 4.90 Å². The van der Waals surface area contributed by atoms with Gasteiger partial charge in [0, 0.05) is 24.8 Å². The summed E-state index contributed by atoms with van der Waals surface area (Å²) in [5.41, 5.74) is 1.06. The molecule has 1 saturated heterocycles. The van der Waals surface area contributed by atoms with Gasteiger partial charge in [0.15, 0.2) is 0 Å². The Morgan fingerprint density at radius 3 is 1.83 bits per heavy atom. The molecule has 0 unspecified atom stereocenters. The Kier molecular flexibility index (Phi) is 5.19. The van der Waals surface area contributed by atoms with E-state index in [1.165, 1.54) is 12.8 Å². The Morgan fingerprint density at radius 2 is 1.42 bits per heavy atom. The number of hydrogen-bond donors (Lipinski definition) is 0. The Bertz CT molecular complexity index is 772. The summed E-state index contributed by atoms with van der Waals surface area (Å²) in [5, 5.41) is 13.0. The van der Waals surface area contributed by atoms with Crippen LogP contribution in [0.5, 0.6) is 0 Å². The Hall–Kier alpha value is -1.88. The summed E-state index contributed by atoms with van der Waals surface area (Å²) in [6, 6.07) is 20.5. The molecule has 4 heteroatoms. The summed E-state index contributed by atoms with van der Waals surface area (Å²) in [4.78, 5) is 2.32. The summed E-state index contributed by atoms with van der Waals surface area (Å²) in [7, 11) is 0. The van der Waals surface area contributed by atoms with E-state index in [4.69, 9.17) is 11.8 Å². The summed E-state index contributed by atoms with van der Waals surface area (Å²) in [6.45, 7) is 4.11. The molecule has 0 bridgehead atoms. The SMILES string of the molecule is CC(=C(C#N)P(=S)(c1ccccc1)c1ccccc1)N1CCCC1. The number of allylic oxidation sites excluding steroid dienone is 2. The predicted molar refractivity (Wildman–Crippen MR) is 106 cm³/mol. The molecule has 2 aromatic carbocycles. The van der Waals surface area contributed by atoms with Crippen LogP contribution in [-0.2, 0) is 11.8 Å². The smallest absolute Gasteiger partial charge is 0.103 e. The van der Waals surface area contributed by atoms with Crippen molar-refractivity contribution in [1.29, 1.82) is 5.26 Å². The quantitative estimate of drug-likeness (QED) is 0.615. The number of rotatable bonds is 4. The lowest BCUT2D eigenvalue weighted by Gasteiger charge is -2.28. The average molecular weight is 352 g/mol. The van der Waals surface area contributed by atoms with Crippen molar-refractivity contribution in [3.8, 4) is 6.07 Å². The molecule has 0 aliphatic carbocycles. The molecule has 1 aliphatic rings. The lowest BCUT2D eigenvalue weighted by atomic mass is 10.4. The molecule has 2 aromatic rings. The number of nitriles is 1. The molecule has 0 amide bonds. The molecule has 0 atom stereocenters. The second-order valence-corrected chi connectivity index (χ2v) is 10.4. The van der Waals surface area contributed by atoms with E-state index in [1.54, 1.807) is 0 Å². The highest BCUT2D eigenvalue weighted by atomic mass is 32.4. The van der Waals surface area contributed by atoms with Gasteiger partial charge in [-0.25, -0.2) is 0 Å². The van der Waals surface area contributed by atoms with Crippen LogP contribution in [0.25, 0.3) is 0 Å². The van der Waals surface area contributed by atoms with Crippen molar-refractivity contribution in [2.45, 2.75) is 19.8 Å². The zero-order chi connectivity index (χ0) is 17.0. The number of likely N-dealkylation sites (tertiary alicyclic amines) is 1. The van der Waals surface area contributed by atoms with E-state index in [1.807, 2.05) is 36.4 Å². The fourth-order valence-corrected chi connectivity index (χ4v) is 7.25. The highest BCUT2D eigenvalue weighted by Gasteiger charge is 2.30. The molecule has 0 N–H and O–H groups in total. The third-order valence-electron chi connectivity index (χ3n) is 4.58. The van der Waals surface area contributed by atoms with E-state index in [0.717, 1.165) is 34.7 Å². The van der Waals surface area contributed by atoms with Crippen molar-refractivity contribution in [2.75, 3.05) is 13.1 Å². The van der Waals surface area contributed by atoms with Crippen LogP contribution in [0, 0.1) is 11.3 Å². The van der Waals surface area contributed by atoms with Crippen LogP contribution in [0.15, 0.2) is 71.7 Å². The summed E-state index contributed by atoms with van der Waals surface area (Å²) in [6.07, 6.45) is 2.38. The fourth-order valence-electron chi connectivity index (χ4n) is 3.26.